The van der Waals surface area contributed by atoms with E-state index in [1.54, 1.807) is 0 Å². The lowest BCUT2D eigenvalue weighted by Gasteiger charge is -2.10. The molecule has 2 aromatic rings. The quantitative estimate of drug-likeness (QED) is 0.735. The highest BCUT2D eigenvalue weighted by molar-refractivity contribution is 7.92. The summed E-state index contributed by atoms with van der Waals surface area (Å²) in [7, 11) is -4.40. The van der Waals surface area contributed by atoms with E-state index in [2.05, 4.69) is 4.98 Å². The minimum Gasteiger partial charge on any atom is -0.506 e. The molecule has 0 saturated carbocycles. The van der Waals surface area contributed by atoms with Crippen LogP contribution in [-0.4, -0.2) is 29.6 Å². The van der Waals surface area contributed by atoms with E-state index in [4.69, 9.17) is 5.11 Å². The van der Waals surface area contributed by atoms with E-state index in [1.165, 1.54) is 6.07 Å². The summed E-state index contributed by atoms with van der Waals surface area (Å²) >= 11 is 0. The predicted octanol–water partition coefficient (Wildman–Crippen LogP) is 1.43. The van der Waals surface area contributed by atoms with Crippen LogP contribution >= 0.6 is 0 Å². The fourth-order valence-corrected chi connectivity index (χ4v) is 2.59. The number of aromatic hydroxyl groups is 1. The van der Waals surface area contributed by atoms with Gasteiger partial charge in [-0.25, -0.2) is 14.2 Å². The number of phenols is 1. The van der Waals surface area contributed by atoms with Gasteiger partial charge in [-0.1, -0.05) is 0 Å². The van der Waals surface area contributed by atoms with Gasteiger partial charge in [-0.3, -0.25) is 4.72 Å². The smallest absolute Gasteiger partial charge is 0.335 e. The first kappa shape index (κ1) is 14.7. The number of aromatic nitrogens is 1. The highest BCUT2D eigenvalue weighted by Gasteiger charge is 2.22. The molecule has 0 aliphatic carbocycles. The topological polar surface area (TPSA) is 117 Å². The standard InChI is InChI=1S/C12H9FN2O5S/c13-8-2-1-5-14-11(8)21(19,20)15-9-6-7(12(17)18)3-4-10(9)16/h1-6,15-16H,(H,17,18). The molecule has 0 saturated heterocycles. The van der Waals surface area contributed by atoms with Crippen LogP contribution < -0.4 is 4.72 Å². The zero-order chi connectivity index (χ0) is 15.6. The van der Waals surface area contributed by atoms with Gasteiger partial charge in [0, 0.05) is 6.20 Å². The van der Waals surface area contributed by atoms with Crippen LogP contribution in [0.2, 0.25) is 0 Å². The summed E-state index contributed by atoms with van der Waals surface area (Å²) in [6.45, 7) is 0. The Kier molecular flexibility index (Phi) is 3.76. The summed E-state index contributed by atoms with van der Waals surface area (Å²) in [5.74, 6) is -2.88. The van der Waals surface area contributed by atoms with Crippen molar-refractivity contribution in [1.82, 2.24) is 4.98 Å². The molecule has 0 bridgehead atoms. The minimum atomic E-state index is -4.40. The first-order valence-corrected chi connectivity index (χ1v) is 6.99. The molecule has 0 aliphatic heterocycles. The molecule has 0 atom stereocenters. The molecule has 0 fully saturated rings. The molecule has 0 spiro atoms. The van der Waals surface area contributed by atoms with Gasteiger partial charge < -0.3 is 10.2 Å². The Morgan fingerprint density at radius 1 is 1.29 bits per heavy atom. The molecule has 1 aromatic heterocycles. The molecule has 0 unspecified atom stereocenters. The fraction of sp³-hybridized carbons (Fsp3) is 0. The molecule has 0 amide bonds. The van der Waals surface area contributed by atoms with Crippen molar-refractivity contribution in [3.05, 3.63) is 47.9 Å². The van der Waals surface area contributed by atoms with Gasteiger partial charge in [0.25, 0.3) is 10.0 Å². The van der Waals surface area contributed by atoms with Gasteiger partial charge >= 0.3 is 5.97 Å². The van der Waals surface area contributed by atoms with Crippen molar-refractivity contribution in [3.8, 4) is 5.75 Å². The van der Waals surface area contributed by atoms with Gasteiger partial charge in [-0.2, -0.15) is 8.42 Å². The summed E-state index contributed by atoms with van der Waals surface area (Å²) in [6.07, 6.45) is 1.09. The molecular formula is C12H9FN2O5S. The van der Waals surface area contributed by atoms with E-state index in [0.29, 0.717) is 0 Å². The van der Waals surface area contributed by atoms with Crippen molar-refractivity contribution < 1.29 is 27.8 Å². The number of nitrogens with zero attached hydrogens (tertiary/aromatic N) is 1. The number of hydrogen-bond donors (Lipinski definition) is 3. The fourth-order valence-electron chi connectivity index (χ4n) is 1.51. The number of benzene rings is 1. The average molecular weight is 312 g/mol. The second-order valence-corrected chi connectivity index (χ2v) is 5.53. The summed E-state index contributed by atoms with van der Waals surface area (Å²) in [5.41, 5.74) is -0.632. The number of hydrogen-bond acceptors (Lipinski definition) is 5. The maximum Gasteiger partial charge on any atom is 0.335 e. The van der Waals surface area contributed by atoms with Crippen LogP contribution in [0.15, 0.2) is 41.6 Å². The first-order chi connectivity index (χ1) is 9.81. The van der Waals surface area contributed by atoms with E-state index >= 15 is 0 Å². The van der Waals surface area contributed by atoms with Gasteiger partial charge in [0.15, 0.2) is 5.82 Å². The van der Waals surface area contributed by atoms with Gasteiger partial charge in [0.2, 0.25) is 5.03 Å². The third-order valence-corrected chi connectivity index (χ3v) is 3.77. The largest absolute Gasteiger partial charge is 0.506 e. The molecule has 21 heavy (non-hydrogen) atoms. The Hall–Kier alpha value is -2.68. The molecule has 1 aromatic carbocycles. The van der Waals surface area contributed by atoms with Crippen LogP contribution in [-0.2, 0) is 10.0 Å². The lowest BCUT2D eigenvalue weighted by atomic mass is 10.2. The van der Waals surface area contributed by atoms with Crippen LogP contribution in [0.1, 0.15) is 10.4 Å². The number of pyridine rings is 1. The second-order valence-electron chi connectivity index (χ2n) is 3.93. The Balaban J connectivity index is 2.44. The first-order valence-electron chi connectivity index (χ1n) is 5.51. The third kappa shape index (κ3) is 3.08. The van der Waals surface area contributed by atoms with Gasteiger partial charge in [-0.05, 0) is 30.3 Å². The summed E-state index contributed by atoms with van der Waals surface area (Å²) in [4.78, 5) is 14.2. The summed E-state index contributed by atoms with van der Waals surface area (Å²) < 4.78 is 39.3. The number of aromatic carboxylic acids is 1. The van der Waals surface area contributed by atoms with Gasteiger partial charge in [0.1, 0.15) is 5.75 Å². The average Bonchev–Trinajstić information content (AvgIpc) is 2.41. The molecule has 2 rings (SSSR count). The monoisotopic (exact) mass is 312 g/mol. The number of anilines is 1. The van der Waals surface area contributed by atoms with Crippen molar-refractivity contribution in [3.63, 3.8) is 0 Å². The molecule has 110 valence electrons. The lowest BCUT2D eigenvalue weighted by molar-refractivity contribution is 0.0697. The van der Waals surface area contributed by atoms with Gasteiger partial charge in [-0.15, -0.1) is 0 Å². The summed E-state index contributed by atoms with van der Waals surface area (Å²) in [6, 6.07) is 5.15. The van der Waals surface area contributed by atoms with E-state index in [1.807, 2.05) is 4.72 Å². The van der Waals surface area contributed by atoms with E-state index in [0.717, 1.165) is 30.5 Å². The molecule has 1 heterocycles. The molecule has 0 radical (unpaired) electrons. The zero-order valence-corrected chi connectivity index (χ0v) is 11.1. The van der Waals surface area contributed by atoms with Crippen molar-refractivity contribution >= 4 is 21.7 Å². The Morgan fingerprint density at radius 3 is 2.62 bits per heavy atom. The molecule has 7 nitrogen and oxygen atoms in total. The number of rotatable bonds is 4. The molecule has 0 aliphatic rings. The highest BCUT2D eigenvalue weighted by atomic mass is 32.2. The second kappa shape index (κ2) is 5.37. The number of nitrogens with one attached hydrogen (secondary N) is 1. The maximum atomic E-state index is 13.5. The number of carboxylic acids is 1. The van der Waals surface area contributed by atoms with E-state index < -0.39 is 32.6 Å². The third-order valence-electron chi connectivity index (χ3n) is 2.47. The van der Waals surface area contributed by atoms with Crippen molar-refractivity contribution in [2.75, 3.05) is 4.72 Å². The molecule has 9 heteroatoms. The van der Waals surface area contributed by atoms with Crippen LogP contribution in [0.5, 0.6) is 5.75 Å². The normalized spacial score (nSPS) is 11.1. The van der Waals surface area contributed by atoms with Crippen molar-refractivity contribution in [1.29, 1.82) is 0 Å². The number of halogens is 1. The van der Waals surface area contributed by atoms with Crippen LogP contribution in [0.4, 0.5) is 10.1 Å². The Labute approximate surface area is 118 Å². The van der Waals surface area contributed by atoms with E-state index in [9.17, 15) is 22.7 Å². The molecule has 3 N–H and O–H groups in total. The Bertz CT molecular complexity index is 807. The lowest BCUT2D eigenvalue weighted by Crippen LogP contribution is -2.16. The van der Waals surface area contributed by atoms with Crippen molar-refractivity contribution in [2.45, 2.75) is 5.03 Å². The maximum absolute atomic E-state index is 13.5. The SMILES string of the molecule is O=C(O)c1ccc(O)c(NS(=O)(=O)c2ncccc2F)c1. The number of sulfonamides is 1. The number of carboxylic acid groups (broad SMARTS) is 1. The minimum absolute atomic E-state index is 0.244. The van der Waals surface area contributed by atoms with Crippen LogP contribution in [0.25, 0.3) is 0 Å². The Morgan fingerprint density at radius 2 is 2.00 bits per heavy atom. The van der Waals surface area contributed by atoms with Crippen LogP contribution in [0.3, 0.4) is 0 Å². The zero-order valence-electron chi connectivity index (χ0n) is 10.3. The highest BCUT2D eigenvalue weighted by Crippen LogP contribution is 2.27. The molecular weight excluding hydrogens is 303 g/mol. The summed E-state index contributed by atoms with van der Waals surface area (Å²) in [5, 5.41) is 17.5. The van der Waals surface area contributed by atoms with E-state index in [-0.39, 0.29) is 11.3 Å². The predicted molar refractivity (Wildman–Crippen MR) is 70.1 cm³/mol. The number of carbonyl (C=O) groups is 1. The number of phenolic OH excluding ortho intramolecular Hbond substituents is 1. The van der Waals surface area contributed by atoms with Crippen molar-refractivity contribution in [2.24, 2.45) is 0 Å². The van der Waals surface area contributed by atoms with Gasteiger partial charge in [0.05, 0.1) is 11.3 Å². The van der Waals surface area contributed by atoms with Crippen LogP contribution in [0, 0.1) is 5.82 Å².